The summed E-state index contributed by atoms with van der Waals surface area (Å²) in [5, 5.41) is 2.65. The van der Waals surface area contributed by atoms with Crippen molar-refractivity contribution in [2.45, 2.75) is 46.6 Å². The number of rotatable bonds is 2. The number of carbonyl (C=O) groups excluding carboxylic acids is 1. The second-order valence-electron chi connectivity index (χ2n) is 6.25. The number of nitrogens with zero attached hydrogens (tertiary/aromatic N) is 1. The van der Waals surface area contributed by atoms with E-state index >= 15 is 0 Å². The zero-order valence-corrected chi connectivity index (χ0v) is 13.2. The maximum Gasteiger partial charge on any atom is 0.317 e. The number of benzene rings is 1. The molecule has 3 heteroatoms. The molecule has 0 bridgehead atoms. The summed E-state index contributed by atoms with van der Waals surface area (Å²) in [4.78, 5) is 13.3. The summed E-state index contributed by atoms with van der Waals surface area (Å²) in [6.45, 7) is 11.5. The molecule has 106 valence electrons. The molecule has 0 saturated heterocycles. The average molecular weight is 262 g/mol. The van der Waals surface area contributed by atoms with E-state index in [4.69, 9.17) is 0 Å². The molecule has 0 aliphatic rings. The Balaban J connectivity index is 3.08. The van der Waals surface area contributed by atoms with Gasteiger partial charge in [0.15, 0.2) is 0 Å². The first-order chi connectivity index (χ1) is 8.66. The van der Waals surface area contributed by atoms with Crippen LogP contribution < -0.4 is 5.32 Å². The first-order valence-electron chi connectivity index (χ1n) is 6.70. The van der Waals surface area contributed by atoms with Crippen molar-refractivity contribution in [1.29, 1.82) is 0 Å². The van der Waals surface area contributed by atoms with Gasteiger partial charge in [-0.2, -0.15) is 0 Å². The minimum Gasteiger partial charge on any atom is -0.341 e. The van der Waals surface area contributed by atoms with Crippen LogP contribution in [0.2, 0.25) is 0 Å². The predicted octanol–water partition coefficient (Wildman–Crippen LogP) is 3.37. The molecule has 1 N–H and O–H groups in total. The summed E-state index contributed by atoms with van der Waals surface area (Å²) < 4.78 is 0. The number of nitrogens with one attached hydrogen (secondary N) is 1. The lowest BCUT2D eigenvalue weighted by Crippen LogP contribution is -2.34. The minimum absolute atomic E-state index is 0.0568. The van der Waals surface area contributed by atoms with Crippen LogP contribution in [0.3, 0.4) is 0 Å². The Morgan fingerprint density at radius 1 is 1.21 bits per heavy atom. The van der Waals surface area contributed by atoms with E-state index in [0.29, 0.717) is 6.54 Å². The highest BCUT2D eigenvalue weighted by atomic mass is 16.2. The van der Waals surface area contributed by atoms with Gasteiger partial charge >= 0.3 is 6.03 Å². The molecule has 1 rings (SSSR count). The molecular formula is C16H26N2O. The van der Waals surface area contributed by atoms with Crippen molar-refractivity contribution in [3.63, 3.8) is 0 Å². The average Bonchev–Trinajstić information content (AvgIpc) is 2.30. The van der Waals surface area contributed by atoms with E-state index in [2.05, 4.69) is 52.1 Å². The van der Waals surface area contributed by atoms with Crippen molar-refractivity contribution < 1.29 is 4.79 Å². The number of carbonyl (C=O) groups is 1. The molecule has 19 heavy (non-hydrogen) atoms. The summed E-state index contributed by atoms with van der Waals surface area (Å²) in [7, 11) is 3.47. The maximum atomic E-state index is 11.6. The fraction of sp³-hybridized carbons (Fsp3) is 0.562. The molecule has 0 aliphatic heterocycles. The predicted molar refractivity (Wildman–Crippen MR) is 80.5 cm³/mol. The van der Waals surface area contributed by atoms with Crippen LogP contribution in [-0.4, -0.2) is 25.0 Å². The summed E-state index contributed by atoms with van der Waals surface area (Å²) in [6.07, 6.45) is 0. The van der Waals surface area contributed by atoms with Crippen molar-refractivity contribution in [1.82, 2.24) is 10.2 Å². The van der Waals surface area contributed by atoms with Crippen molar-refractivity contribution in [2.75, 3.05) is 14.1 Å². The van der Waals surface area contributed by atoms with Gasteiger partial charge < -0.3 is 10.2 Å². The molecule has 0 unspecified atom stereocenters. The minimum atomic E-state index is -0.0568. The highest BCUT2D eigenvalue weighted by Crippen LogP contribution is 2.27. The SMILES string of the molecule is CNC(=O)N(C)Cc1c(C)cc(C(C)(C)C)cc1C. The van der Waals surface area contributed by atoms with E-state index in [1.807, 2.05) is 7.05 Å². The highest BCUT2D eigenvalue weighted by molar-refractivity contribution is 5.73. The van der Waals surface area contributed by atoms with Gasteiger partial charge in [-0.3, -0.25) is 0 Å². The van der Waals surface area contributed by atoms with Crippen molar-refractivity contribution in [3.05, 3.63) is 34.4 Å². The Morgan fingerprint density at radius 2 is 1.68 bits per heavy atom. The Kier molecular flexibility index (Phi) is 4.61. The Bertz CT molecular complexity index is 449. The van der Waals surface area contributed by atoms with Crippen LogP contribution in [0, 0.1) is 13.8 Å². The topological polar surface area (TPSA) is 32.3 Å². The van der Waals surface area contributed by atoms with Crippen LogP contribution in [0.1, 0.15) is 43.0 Å². The largest absolute Gasteiger partial charge is 0.341 e. The molecular weight excluding hydrogens is 236 g/mol. The molecule has 0 fully saturated rings. The fourth-order valence-corrected chi connectivity index (χ4v) is 2.18. The lowest BCUT2D eigenvalue weighted by atomic mass is 9.84. The second kappa shape index (κ2) is 5.64. The van der Waals surface area contributed by atoms with Gasteiger partial charge in [-0.1, -0.05) is 32.9 Å². The number of amides is 2. The Hall–Kier alpha value is -1.51. The normalized spacial score (nSPS) is 11.3. The third-order valence-electron chi connectivity index (χ3n) is 3.52. The van der Waals surface area contributed by atoms with Gasteiger partial charge in [-0.25, -0.2) is 4.79 Å². The van der Waals surface area contributed by atoms with Gasteiger partial charge in [0.25, 0.3) is 0 Å². The van der Waals surface area contributed by atoms with Crippen molar-refractivity contribution in [3.8, 4) is 0 Å². The summed E-state index contributed by atoms with van der Waals surface area (Å²) in [5.74, 6) is 0. The molecule has 0 heterocycles. The van der Waals surface area contributed by atoms with E-state index < -0.39 is 0 Å². The van der Waals surface area contributed by atoms with Gasteiger partial charge in [0.2, 0.25) is 0 Å². The number of hydrogen-bond acceptors (Lipinski definition) is 1. The third kappa shape index (κ3) is 3.72. The van der Waals surface area contributed by atoms with Gasteiger partial charge in [0, 0.05) is 20.6 Å². The van der Waals surface area contributed by atoms with Crippen LogP contribution in [0.25, 0.3) is 0 Å². The Labute approximate surface area is 117 Å². The molecule has 1 aromatic rings. The fourth-order valence-electron chi connectivity index (χ4n) is 2.18. The number of urea groups is 1. The molecule has 0 saturated carbocycles. The van der Waals surface area contributed by atoms with Crippen LogP contribution >= 0.6 is 0 Å². The van der Waals surface area contributed by atoms with E-state index in [1.54, 1.807) is 11.9 Å². The molecule has 0 radical (unpaired) electrons. The van der Waals surface area contributed by atoms with Gasteiger partial charge in [0.05, 0.1) is 0 Å². The summed E-state index contributed by atoms with van der Waals surface area (Å²) in [6, 6.07) is 4.42. The zero-order chi connectivity index (χ0) is 14.8. The zero-order valence-electron chi connectivity index (χ0n) is 13.2. The van der Waals surface area contributed by atoms with Crippen LogP contribution in [0.4, 0.5) is 4.79 Å². The van der Waals surface area contributed by atoms with E-state index in [1.165, 1.54) is 22.3 Å². The lowest BCUT2D eigenvalue weighted by molar-refractivity contribution is 0.209. The Morgan fingerprint density at radius 3 is 2.05 bits per heavy atom. The monoisotopic (exact) mass is 262 g/mol. The molecule has 0 atom stereocenters. The number of hydrogen-bond donors (Lipinski definition) is 1. The first kappa shape index (κ1) is 15.5. The van der Waals surface area contributed by atoms with E-state index in [-0.39, 0.29) is 11.4 Å². The van der Waals surface area contributed by atoms with Gasteiger partial charge in [0.1, 0.15) is 0 Å². The van der Waals surface area contributed by atoms with Crippen LogP contribution in [0.15, 0.2) is 12.1 Å². The van der Waals surface area contributed by atoms with Crippen molar-refractivity contribution in [2.24, 2.45) is 0 Å². The smallest absolute Gasteiger partial charge is 0.317 e. The van der Waals surface area contributed by atoms with Gasteiger partial charge in [-0.15, -0.1) is 0 Å². The van der Waals surface area contributed by atoms with Crippen molar-refractivity contribution >= 4 is 6.03 Å². The number of aryl methyl sites for hydroxylation is 2. The molecule has 1 aromatic carbocycles. The van der Waals surface area contributed by atoms with Crippen LogP contribution in [-0.2, 0) is 12.0 Å². The van der Waals surface area contributed by atoms with E-state index in [9.17, 15) is 4.79 Å². The molecule has 0 spiro atoms. The summed E-state index contributed by atoms with van der Waals surface area (Å²) >= 11 is 0. The molecule has 0 aliphatic carbocycles. The second-order valence-corrected chi connectivity index (χ2v) is 6.25. The van der Waals surface area contributed by atoms with E-state index in [0.717, 1.165) is 0 Å². The summed E-state index contributed by atoms with van der Waals surface area (Å²) in [5.41, 5.74) is 5.23. The quantitative estimate of drug-likeness (QED) is 0.870. The molecule has 2 amide bonds. The standard InChI is InChI=1S/C16H26N2O/c1-11-8-13(16(3,4)5)9-12(2)14(11)10-18(7)15(19)17-6/h8-9H,10H2,1-7H3,(H,17,19). The van der Waals surface area contributed by atoms with Crippen LogP contribution in [0.5, 0.6) is 0 Å². The third-order valence-corrected chi connectivity index (χ3v) is 3.52. The maximum absolute atomic E-state index is 11.6. The molecule has 0 aromatic heterocycles. The first-order valence-corrected chi connectivity index (χ1v) is 6.70. The lowest BCUT2D eigenvalue weighted by Gasteiger charge is -2.24. The highest BCUT2D eigenvalue weighted by Gasteiger charge is 2.17. The van der Waals surface area contributed by atoms with Gasteiger partial charge in [-0.05, 0) is 41.5 Å². The molecule has 3 nitrogen and oxygen atoms in total.